The van der Waals surface area contributed by atoms with Gasteiger partial charge in [0, 0.05) is 13.0 Å². The molecule has 0 saturated carbocycles. The molecule has 0 fully saturated rings. The van der Waals surface area contributed by atoms with Crippen LogP contribution in [0.2, 0.25) is 0 Å². The van der Waals surface area contributed by atoms with Gasteiger partial charge in [-0.05, 0) is 14.0 Å². The maximum Gasteiger partial charge on any atom is 0.221 e. The molecule has 0 rings (SSSR count). The molecule has 2 N–H and O–H groups in total. The van der Waals surface area contributed by atoms with E-state index in [1.54, 1.807) is 0 Å². The molecular weight excluding hydrogens is 288 g/mol. The van der Waals surface area contributed by atoms with Crippen LogP contribution in [0.3, 0.4) is 0 Å². The van der Waals surface area contributed by atoms with Crippen LogP contribution in [0.15, 0.2) is 0 Å². The summed E-state index contributed by atoms with van der Waals surface area (Å²) in [5.41, 5.74) is 0. The smallest absolute Gasteiger partial charge is 0.221 e. The summed E-state index contributed by atoms with van der Waals surface area (Å²) in [5.74, 6) is -0.635. The molecule has 0 saturated heterocycles. The molecule has 0 atom stereocenters. The third-order valence-corrected chi connectivity index (χ3v) is 3.52. The molecular formula is C11H22N2O6S. The number of Topliss-reactive ketones (excluding diaryl/α,β-unsaturated/α-hetero) is 1. The van der Waals surface area contributed by atoms with E-state index in [2.05, 4.69) is 10.0 Å². The van der Waals surface area contributed by atoms with Crippen molar-refractivity contribution >= 4 is 21.7 Å². The molecule has 20 heavy (non-hydrogen) atoms. The van der Waals surface area contributed by atoms with Gasteiger partial charge in [0.25, 0.3) is 0 Å². The lowest BCUT2D eigenvalue weighted by Crippen LogP contribution is -2.31. The second-order valence-electron chi connectivity index (χ2n) is 3.99. The molecule has 8 nitrogen and oxygen atoms in total. The average Bonchev–Trinajstić information content (AvgIpc) is 2.39. The highest BCUT2D eigenvalue weighted by Gasteiger charge is 2.10. The van der Waals surface area contributed by atoms with Gasteiger partial charge in [-0.2, -0.15) is 0 Å². The highest BCUT2D eigenvalue weighted by molar-refractivity contribution is 7.89. The first kappa shape index (κ1) is 19.0. The molecule has 0 bridgehead atoms. The maximum absolute atomic E-state index is 11.3. The van der Waals surface area contributed by atoms with E-state index in [4.69, 9.17) is 9.47 Å². The fourth-order valence-electron chi connectivity index (χ4n) is 1.12. The molecule has 0 aliphatic rings. The Balaban J connectivity index is 3.42. The third-order valence-electron chi connectivity index (χ3n) is 2.15. The van der Waals surface area contributed by atoms with Gasteiger partial charge in [0.05, 0.1) is 25.6 Å². The van der Waals surface area contributed by atoms with Crippen LogP contribution in [0.4, 0.5) is 0 Å². The number of hydrogen-bond acceptors (Lipinski definition) is 6. The van der Waals surface area contributed by atoms with Crippen molar-refractivity contribution in [1.29, 1.82) is 0 Å². The molecule has 0 aliphatic heterocycles. The highest BCUT2D eigenvalue weighted by atomic mass is 32.2. The lowest BCUT2D eigenvalue weighted by atomic mass is 10.4. The summed E-state index contributed by atoms with van der Waals surface area (Å²) in [5, 5.41) is 2.54. The van der Waals surface area contributed by atoms with Crippen molar-refractivity contribution in [3.05, 3.63) is 0 Å². The Bertz CT molecular complexity index is 396. The standard InChI is InChI=1S/C11H22N2O6S/c1-10(14)9-19-7-6-18-5-4-13-11(15)3-8-20(16,17)12-2/h12H,3-9H2,1-2H3,(H,13,15). The lowest BCUT2D eigenvalue weighted by Gasteiger charge is -2.07. The van der Waals surface area contributed by atoms with Crippen LogP contribution >= 0.6 is 0 Å². The minimum atomic E-state index is -3.35. The number of nitrogens with one attached hydrogen (secondary N) is 2. The van der Waals surface area contributed by atoms with Crippen LogP contribution in [0, 0.1) is 0 Å². The number of amides is 1. The first-order valence-electron chi connectivity index (χ1n) is 6.20. The zero-order chi connectivity index (χ0) is 15.4. The minimum absolute atomic E-state index is 0.0474. The van der Waals surface area contributed by atoms with Crippen LogP contribution in [0.25, 0.3) is 0 Å². The summed E-state index contributed by atoms with van der Waals surface area (Å²) >= 11 is 0. The van der Waals surface area contributed by atoms with Gasteiger partial charge in [0.2, 0.25) is 15.9 Å². The lowest BCUT2D eigenvalue weighted by molar-refractivity contribution is -0.122. The van der Waals surface area contributed by atoms with Gasteiger partial charge >= 0.3 is 0 Å². The second kappa shape index (κ2) is 10.7. The highest BCUT2D eigenvalue weighted by Crippen LogP contribution is 1.88. The molecule has 0 aromatic carbocycles. The van der Waals surface area contributed by atoms with E-state index < -0.39 is 10.0 Å². The van der Waals surface area contributed by atoms with Crippen molar-refractivity contribution in [1.82, 2.24) is 10.0 Å². The van der Waals surface area contributed by atoms with Crippen molar-refractivity contribution < 1.29 is 27.5 Å². The van der Waals surface area contributed by atoms with E-state index in [0.717, 1.165) is 0 Å². The van der Waals surface area contributed by atoms with Crippen LogP contribution < -0.4 is 10.0 Å². The molecule has 1 amide bonds. The number of ether oxygens (including phenoxy) is 2. The van der Waals surface area contributed by atoms with E-state index in [1.807, 2.05) is 0 Å². The Morgan fingerprint density at radius 3 is 2.35 bits per heavy atom. The summed E-state index contributed by atoms with van der Waals surface area (Å²) in [4.78, 5) is 21.8. The molecule has 0 aromatic heterocycles. The molecule has 9 heteroatoms. The Labute approximate surface area is 119 Å². The van der Waals surface area contributed by atoms with E-state index in [1.165, 1.54) is 14.0 Å². The largest absolute Gasteiger partial charge is 0.377 e. The molecule has 0 aliphatic carbocycles. The van der Waals surface area contributed by atoms with Crippen LogP contribution in [-0.2, 0) is 29.1 Å². The molecule has 118 valence electrons. The monoisotopic (exact) mass is 310 g/mol. The Morgan fingerprint density at radius 2 is 1.75 bits per heavy atom. The van der Waals surface area contributed by atoms with Crippen molar-refractivity contribution in [2.24, 2.45) is 0 Å². The predicted octanol–water partition coefficient (Wildman–Crippen LogP) is -1.34. The van der Waals surface area contributed by atoms with Gasteiger partial charge in [-0.25, -0.2) is 13.1 Å². The Kier molecular flexibility index (Phi) is 10.2. The number of carbonyl (C=O) groups excluding carboxylic acids is 2. The van der Waals surface area contributed by atoms with Gasteiger partial charge < -0.3 is 14.8 Å². The van der Waals surface area contributed by atoms with Crippen molar-refractivity contribution in [2.45, 2.75) is 13.3 Å². The summed E-state index contributed by atoms with van der Waals surface area (Å²) in [7, 11) is -2.05. The first-order valence-corrected chi connectivity index (χ1v) is 7.85. The molecule has 0 aromatic rings. The molecule has 0 radical (unpaired) electrons. The van der Waals surface area contributed by atoms with Gasteiger partial charge in [0.1, 0.15) is 6.61 Å². The van der Waals surface area contributed by atoms with E-state index >= 15 is 0 Å². The van der Waals surface area contributed by atoms with Crippen molar-refractivity contribution in [3.8, 4) is 0 Å². The molecule has 0 heterocycles. The zero-order valence-electron chi connectivity index (χ0n) is 11.8. The molecule has 0 unspecified atom stereocenters. The number of rotatable bonds is 12. The number of hydrogen-bond donors (Lipinski definition) is 2. The summed E-state index contributed by atoms with van der Waals surface area (Å²) < 4.78 is 34.4. The molecule has 0 spiro atoms. The number of carbonyl (C=O) groups is 2. The fourth-order valence-corrected chi connectivity index (χ4v) is 1.77. The zero-order valence-corrected chi connectivity index (χ0v) is 12.6. The van der Waals surface area contributed by atoms with Gasteiger partial charge in [-0.3, -0.25) is 9.59 Å². The number of ketones is 1. The second-order valence-corrected chi connectivity index (χ2v) is 6.04. The predicted molar refractivity (Wildman–Crippen MR) is 72.8 cm³/mol. The SMILES string of the molecule is CNS(=O)(=O)CCC(=O)NCCOCCOCC(C)=O. The summed E-state index contributed by atoms with van der Waals surface area (Å²) in [6.45, 7) is 2.75. The topological polar surface area (TPSA) is 111 Å². The average molecular weight is 310 g/mol. The fraction of sp³-hybridized carbons (Fsp3) is 0.818. The van der Waals surface area contributed by atoms with Crippen LogP contribution in [0.1, 0.15) is 13.3 Å². The van der Waals surface area contributed by atoms with Crippen LogP contribution in [-0.4, -0.2) is 65.9 Å². The minimum Gasteiger partial charge on any atom is -0.377 e. The van der Waals surface area contributed by atoms with E-state index in [-0.39, 0.29) is 30.5 Å². The normalized spacial score (nSPS) is 11.3. The summed E-state index contributed by atoms with van der Waals surface area (Å²) in [6, 6.07) is 0. The quantitative estimate of drug-likeness (QED) is 0.432. The van der Waals surface area contributed by atoms with Gasteiger partial charge in [-0.15, -0.1) is 0 Å². The van der Waals surface area contributed by atoms with E-state index in [0.29, 0.717) is 26.4 Å². The third kappa shape index (κ3) is 12.0. The van der Waals surface area contributed by atoms with Crippen molar-refractivity contribution in [3.63, 3.8) is 0 Å². The van der Waals surface area contributed by atoms with Crippen LogP contribution in [0.5, 0.6) is 0 Å². The number of sulfonamides is 1. The van der Waals surface area contributed by atoms with Crippen molar-refractivity contribution in [2.75, 3.05) is 45.8 Å². The van der Waals surface area contributed by atoms with Gasteiger partial charge in [-0.1, -0.05) is 0 Å². The maximum atomic E-state index is 11.3. The Hall–Kier alpha value is -1.03. The Morgan fingerprint density at radius 1 is 1.10 bits per heavy atom. The summed E-state index contributed by atoms with van der Waals surface area (Å²) in [6.07, 6.45) is -0.0924. The van der Waals surface area contributed by atoms with E-state index in [9.17, 15) is 18.0 Å². The first-order chi connectivity index (χ1) is 9.37. The van der Waals surface area contributed by atoms with Gasteiger partial charge in [0.15, 0.2) is 5.78 Å².